The van der Waals surface area contributed by atoms with Crippen LogP contribution >= 0.6 is 0 Å². The molecule has 92 valence electrons. The summed E-state index contributed by atoms with van der Waals surface area (Å²) in [5.41, 5.74) is 2.52. The number of nitrogens with zero attached hydrogens (tertiary/aromatic N) is 2. The van der Waals surface area contributed by atoms with Crippen LogP contribution in [0.1, 0.15) is 32.9 Å². The predicted octanol–water partition coefficient (Wildman–Crippen LogP) is 2.77. The van der Waals surface area contributed by atoms with Crippen molar-refractivity contribution in [2.45, 2.75) is 20.8 Å². The van der Waals surface area contributed by atoms with E-state index in [0.29, 0.717) is 28.1 Å². The second-order valence-corrected chi connectivity index (χ2v) is 4.28. The van der Waals surface area contributed by atoms with Crippen molar-refractivity contribution in [3.05, 3.63) is 58.2 Å². The number of aryl methyl sites for hydroxylation is 3. The number of hydrogen-bond donors (Lipinski definition) is 0. The van der Waals surface area contributed by atoms with Gasteiger partial charge in [-0.1, -0.05) is 12.1 Å². The van der Waals surface area contributed by atoms with Crippen LogP contribution in [0.4, 0.5) is 4.39 Å². The number of rotatable bonds is 2. The molecule has 0 N–H and O–H groups in total. The maximum Gasteiger partial charge on any atom is 0.195 e. The molecule has 0 saturated heterocycles. The molecule has 4 heteroatoms. The fraction of sp³-hybridized carbons (Fsp3) is 0.214. The predicted molar refractivity (Wildman–Crippen MR) is 66.1 cm³/mol. The number of aromatic nitrogens is 2. The zero-order valence-corrected chi connectivity index (χ0v) is 10.5. The molecule has 2 rings (SSSR count). The third-order valence-electron chi connectivity index (χ3n) is 2.78. The second kappa shape index (κ2) is 4.64. The minimum absolute atomic E-state index is 0.232. The molecule has 0 saturated carbocycles. The van der Waals surface area contributed by atoms with Crippen LogP contribution in [0.2, 0.25) is 0 Å². The average Bonchev–Trinajstić information content (AvgIpc) is 2.35. The molecule has 0 spiro atoms. The van der Waals surface area contributed by atoms with Gasteiger partial charge in [-0.15, -0.1) is 0 Å². The van der Waals surface area contributed by atoms with Crippen LogP contribution in [0, 0.1) is 26.6 Å². The Morgan fingerprint density at radius 1 is 1.11 bits per heavy atom. The lowest BCUT2D eigenvalue weighted by molar-refractivity contribution is 0.103. The molecule has 1 heterocycles. The Kier molecular flexibility index (Phi) is 3.19. The molecule has 0 radical (unpaired) electrons. The van der Waals surface area contributed by atoms with Gasteiger partial charge in [-0.2, -0.15) is 10.2 Å². The molecule has 0 aliphatic heterocycles. The summed E-state index contributed by atoms with van der Waals surface area (Å²) in [6, 6.07) is 6.14. The number of carbonyl (C=O) groups is 1. The van der Waals surface area contributed by atoms with Gasteiger partial charge >= 0.3 is 0 Å². The van der Waals surface area contributed by atoms with E-state index >= 15 is 0 Å². The molecule has 0 aliphatic carbocycles. The van der Waals surface area contributed by atoms with E-state index in [9.17, 15) is 9.18 Å². The van der Waals surface area contributed by atoms with Gasteiger partial charge in [0, 0.05) is 11.1 Å². The van der Waals surface area contributed by atoms with Crippen molar-refractivity contribution in [1.82, 2.24) is 10.2 Å². The lowest BCUT2D eigenvalue weighted by Gasteiger charge is -2.05. The van der Waals surface area contributed by atoms with Gasteiger partial charge in [0.1, 0.15) is 5.82 Å². The lowest BCUT2D eigenvalue weighted by atomic mass is 10.0. The van der Waals surface area contributed by atoms with Crippen molar-refractivity contribution in [3.8, 4) is 0 Å². The number of ketones is 1. The summed E-state index contributed by atoms with van der Waals surface area (Å²) in [6.07, 6.45) is 0. The first-order valence-electron chi connectivity index (χ1n) is 5.61. The van der Waals surface area contributed by atoms with Crippen LogP contribution < -0.4 is 0 Å². The average molecular weight is 244 g/mol. The zero-order chi connectivity index (χ0) is 13.3. The van der Waals surface area contributed by atoms with Gasteiger partial charge in [-0.25, -0.2) is 4.39 Å². The molecule has 1 aromatic carbocycles. The Morgan fingerprint density at radius 2 is 1.83 bits per heavy atom. The van der Waals surface area contributed by atoms with Gasteiger partial charge in [0.15, 0.2) is 5.78 Å². The minimum atomic E-state index is -0.378. The largest absolute Gasteiger partial charge is 0.289 e. The first-order chi connectivity index (χ1) is 8.49. The van der Waals surface area contributed by atoms with Crippen LogP contribution in [0.15, 0.2) is 24.3 Å². The molecular weight excluding hydrogens is 231 g/mol. The maximum absolute atomic E-state index is 13.5. The zero-order valence-electron chi connectivity index (χ0n) is 10.5. The highest BCUT2D eigenvalue weighted by Crippen LogP contribution is 2.15. The van der Waals surface area contributed by atoms with E-state index < -0.39 is 0 Å². The highest BCUT2D eigenvalue weighted by Gasteiger charge is 2.14. The maximum atomic E-state index is 13.5. The smallest absolute Gasteiger partial charge is 0.195 e. The van der Waals surface area contributed by atoms with Gasteiger partial charge < -0.3 is 0 Å². The van der Waals surface area contributed by atoms with Crippen molar-refractivity contribution in [1.29, 1.82) is 0 Å². The minimum Gasteiger partial charge on any atom is -0.289 e. The first kappa shape index (κ1) is 12.4. The lowest BCUT2D eigenvalue weighted by Crippen LogP contribution is -2.07. The molecule has 0 atom stereocenters. The Morgan fingerprint density at radius 3 is 2.50 bits per heavy atom. The summed E-state index contributed by atoms with van der Waals surface area (Å²) in [5.74, 6) is -0.610. The van der Waals surface area contributed by atoms with Crippen molar-refractivity contribution in [2.24, 2.45) is 0 Å². The third-order valence-corrected chi connectivity index (χ3v) is 2.78. The molecule has 0 aliphatic rings. The van der Waals surface area contributed by atoms with Crippen LogP contribution in [-0.2, 0) is 0 Å². The summed E-state index contributed by atoms with van der Waals surface area (Å²) in [4.78, 5) is 12.2. The summed E-state index contributed by atoms with van der Waals surface area (Å²) >= 11 is 0. The van der Waals surface area contributed by atoms with Crippen LogP contribution in [0.25, 0.3) is 0 Å². The molecule has 18 heavy (non-hydrogen) atoms. The third kappa shape index (κ3) is 2.27. The van der Waals surface area contributed by atoms with E-state index in [-0.39, 0.29) is 11.6 Å². The standard InChI is InChI=1S/C14H13FN2O/c1-8-4-5-11(7-13(8)15)14(18)12-6-9(2)16-17-10(12)3/h4-7H,1-3H3. The van der Waals surface area contributed by atoms with Gasteiger partial charge in [0.05, 0.1) is 11.4 Å². The molecule has 0 amide bonds. The van der Waals surface area contributed by atoms with Crippen molar-refractivity contribution < 1.29 is 9.18 Å². The Balaban J connectivity index is 2.47. The van der Waals surface area contributed by atoms with Gasteiger partial charge in [-0.3, -0.25) is 4.79 Å². The van der Waals surface area contributed by atoms with E-state index in [4.69, 9.17) is 0 Å². The van der Waals surface area contributed by atoms with Crippen LogP contribution in [0.5, 0.6) is 0 Å². The molecule has 0 fully saturated rings. The summed E-state index contributed by atoms with van der Waals surface area (Å²) in [7, 11) is 0. The second-order valence-electron chi connectivity index (χ2n) is 4.28. The van der Waals surface area contributed by atoms with E-state index in [1.807, 2.05) is 0 Å². The number of halogens is 1. The quantitative estimate of drug-likeness (QED) is 0.763. The number of carbonyl (C=O) groups excluding carboxylic acids is 1. The number of benzene rings is 1. The van der Waals surface area contributed by atoms with Gasteiger partial charge in [0.25, 0.3) is 0 Å². The van der Waals surface area contributed by atoms with E-state index in [1.165, 1.54) is 6.07 Å². The fourth-order valence-electron chi connectivity index (χ4n) is 1.67. The van der Waals surface area contributed by atoms with Gasteiger partial charge in [0.2, 0.25) is 0 Å². The fourth-order valence-corrected chi connectivity index (χ4v) is 1.67. The highest BCUT2D eigenvalue weighted by atomic mass is 19.1. The highest BCUT2D eigenvalue weighted by molar-refractivity contribution is 6.09. The monoisotopic (exact) mass is 244 g/mol. The van der Waals surface area contributed by atoms with Crippen LogP contribution in [-0.4, -0.2) is 16.0 Å². The SMILES string of the molecule is Cc1cc(C(=O)c2ccc(C)c(F)c2)c(C)nn1. The van der Waals surface area contributed by atoms with E-state index in [1.54, 1.807) is 39.0 Å². The molecular formula is C14H13FN2O. The summed E-state index contributed by atoms with van der Waals surface area (Å²) in [5, 5.41) is 7.77. The van der Waals surface area contributed by atoms with E-state index in [0.717, 1.165) is 0 Å². The molecule has 0 unspecified atom stereocenters. The van der Waals surface area contributed by atoms with Gasteiger partial charge in [-0.05, 0) is 38.5 Å². The summed E-state index contributed by atoms with van der Waals surface area (Å²) < 4.78 is 13.5. The molecule has 2 aromatic rings. The Bertz CT molecular complexity index is 623. The van der Waals surface area contributed by atoms with Crippen LogP contribution in [0.3, 0.4) is 0 Å². The topological polar surface area (TPSA) is 42.9 Å². The molecule has 3 nitrogen and oxygen atoms in total. The Labute approximate surface area is 105 Å². The normalized spacial score (nSPS) is 10.4. The molecule has 0 bridgehead atoms. The summed E-state index contributed by atoms with van der Waals surface area (Å²) in [6.45, 7) is 5.14. The number of hydrogen-bond acceptors (Lipinski definition) is 3. The first-order valence-corrected chi connectivity index (χ1v) is 5.61. The van der Waals surface area contributed by atoms with E-state index in [2.05, 4.69) is 10.2 Å². The Hall–Kier alpha value is -2.10. The molecule has 1 aromatic heterocycles. The van der Waals surface area contributed by atoms with Crippen molar-refractivity contribution >= 4 is 5.78 Å². The van der Waals surface area contributed by atoms with Crippen molar-refractivity contribution in [3.63, 3.8) is 0 Å². The van der Waals surface area contributed by atoms with Crippen molar-refractivity contribution in [2.75, 3.05) is 0 Å².